The number of carbonyl (C=O) groups is 1. The van der Waals surface area contributed by atoms with E-state index in [4.69, 9.17) is 4.98 Å². The number of nitrogens with zero attached hydrogens (tertiary/aromatic N) is 2. The summed E-state index contributed by atoms with van der Waals surface area (Å²) in [5, 5.41) is 2.72. The van der Waals surface area contributed by atoms with Crippen LogP contribution in [-0.4, -0.2) is 10.9 Å². The summed E-state index contributed by atoms with van der Waals surface area (Å²) in [4.78, 5) is 20.7. The van der Waals surface area contributed by atoms with Crippen LogP contribution in [0.15, 0.2) is 66.0 Å². The molecule has 1 amide bonds. The third-order valence-electron chi connectivity index (χ3n) is 4.23. The van der Waals surface area contributed by atoms with Crippen molar-refractivity contribution in [2.75, 3.05) is 4.90 Å². The first-order chi connectivity index (χ1) is 12.7. The summed E-state index contributed by atoms with van der Waals surface area (Å²) >= 11 is 3.15. The van der Waals surface area contributed by atoms with Gasteiger partial charge < -0.3 is 0 Å². The second kappa shape index (κ2) is 7.40. The number of hydrogen-bond donors (Lipinski definition) is 0. The molecule has 0 N–H and O–H groups in total. The quantitative estimate of drug-likeness (QED) is 0.438. The van der Waals surface area contributed by atoms with Crippen molar-refractivity contribution in [1.82, 2.24) is 4.98 Å². The third kappa shape index (κ3) is 3.41. The number of rotatable bonds is 5. The monoisotopic (exact) mass is 378 g/mol. The maximum atomic E-state index is 13.1. The van der Waals surface area contributed by atoms with Crippen molar-refractivity contribution in [3.8, 4) is 0 Å². The van der Waals surface area contributed by atoms with Crippen LogP contribution in [0.5, 0.6) is 0 Å². The first-order valence-electron chi connectivity index (χ1n) is 8.54. The molecule has 0 saturated heterocycles. The zero-order chi connectivity index (χ0) is 17.9. The molecule has 0 saturated carbocycles. The smallest absolute Gasteiger partial charge is 0.238 e. The number of anilines is 2. The number of thiophene rings is 1. The van der Waals surface area contributed by atoms with Gasteiger partial charge in [0.1, 0.15) is 0 Å². The van der Waals surface area contributed by atoms with Gasteiger partial charge in [0.05, 0.1) is 22.3 Å². The molecule has 3 nitrogen and oxygen atoms in total. The number of fused-ring (bicyclic) bond motifs is 1. The summed E-state index contributed by atoms with van der Waals surface area (Å²) < 4.78 is 1.08. The molecular weight excluding hydrogens is 360 g/mol. The van der Waals surface area contributed by atoms with E-state index in [-0.39, 0.29) is 5.91 Å². The molecule has 0 radical (unpaired) electrons. The molecule has 0 atom stereocenters. The summed E-state index contributed by atoms with van der Waals surface area (Å²) in [5.41, 5.74) is 3.04. The molecule has 0 aliphatic carbocycles. The van der Waals surface area contributed by atoms with E-state index in [9.17, 15) is 4.79 Å². The molecule has 2 aromatic carbocycles. The fourth-order valence-electron chi connectivity index (χ4n) is 2.84. The number of carbonyl (C=O) groups excluding carboxylic acids is 1. The summed E-state index contributed by atoms with van der Waals surface area (Å²) in [7, 11) is 0. The predicted molar refractivity (Wildman–Crippen MR) is 111 cm³/mol. The molecule has 0 spiro atoms. The van der Waals surface area contributed by atoms with Gasteiger partial charge in [0, 0.05) is 4.88 Å². The van der Waals surface area contributed by atoms with Crippen molar-refractivity contribution in [1.29, 1.82) is 0 Å². The molecule has 0 unspecified atom stereocenters. The molecule has 130 valence electrons. The second-order valence-electron chi connectivity index (χ2n) is 5.97. The highest BCUT2D eigenvalue weighted by molar-refractivity contribution is 7.22. The van der Waals surface area contributed by atoms with Crippen molar-refractivity contribution >= 4 is 49.6 Å². The Bertz CT molecular complexity index is 987. The topological polar surface area (TPSA) is 33.2 Å². The largest absolute Gasteiger partial charge is 0.274 e. The van der Waals surface area contributed by atoms with Gasteiger partial charge in [-0.05, 0) is 47.7 Å². The number of benzene rings is 2. The summed E-state index contributed by atoms with van der Waals surface area (Å²) in [5.74, 6) is 0.0377. The molecular formula is C21H18N2OS2. The van der Waals surface area contributed by atoms with E-state index in [0.29, 0.717) is 6.42 Å². The maximum Gasteiger partial charge on any atom is 0.238 e. The SMILES string of the molecule is CCc1ccc(N(C(=O)Cc2cccs2)c2nc3ccccc3s2)cc1. The fourth-order valence-corrected chi connectivity index (χ4v) is 4.54. The molecule has 0 aliphatic rings. The Balaban J connectivity index is 1.75. The lowest BCUT2D eigenvalue weighted by Crippen LogP contribution is -2.27. The minimum Gasteiger partial charge on any atom is -0.274 e. The van der Waals surface area contributed by atoms with Gasteiger partial charge in [-0.3, -0.25) is 9.69 Å². The Hall–Kier alpha value is -2.50. The van der Waals surface area contributed by atoms with Gasteiger partial charge in [0.25, 0.3) is 0 Å². The molecule has 2 heterocycles. The fraction of sp³-hybridized carbons (Fsp3) is 0.143. The number of aromatic nitrogens is 1. The lowest BCUT2D eigenvalue weighted by Gasteiger charge is -2.20. The highest BCUT2D eigenvalue weighted by atomic mass is 32.1. The van der Waals surface area contributed by atoms with Crippen molar-refractivity contribution in [3.63, 3.8) is 0 Å². The van der Waals surface area contributed by atoms with Gasteiger partial charge in [-0.15, -0.1) is 11.3 Å². The van der Waals surface area contributed by atoms with Gasteiger partial charge in [-0.1, -0.05) is 48.6 Å². The first-order valence-corrected chi connectivity index (χ1v) is 10.2. The molecule has 0 aliphatic heterocycles. The molecule has 0 fully saturated rings. The van der Waals surface area contributed by atoms with E-state index in [1.54, 1.807) is 27.6 Å². The average molecular weight is 379 g/mol. The first kappa shape index (κ1) is 16.9. The number of hydrogen-bond acceptors (Lipinski definition) is 4. The summed E-state index contributed by atoms with van der Waals surface area (Å²) in [6, 6.07) is 20.1. The number of para-hydroxylation sites is 1. The minimum atomic E-state index is 0.0377. The minimum absolute atomic E-state index is 0.0377. The third-order valence-corrected chi connectivity index (χ3v) is 6.13. The highest BCUT2D eigenvalue weighted by Crippen LogP contribution is 2.34. The van der Waals surface area contributed by atoms with Crippen LogP contribution in [-0.2, 0) is 17.6 Å². The zero-order valence-electron chi connectivity index (χ0n) is 14.4. The number of amides is 1. The van der Waals surface area contributed by atoms with Crippen LogP contribution in [0, 0.1) is 0 Å². The van der Waals surface area contributed by atoms with Gasteiger partial charge >= 0.3 is 0 Å². The molecule has 26 heavy (non-hydrogen) atoms. The second-order valence-corrected chi connectivity index (χ2v) is 8.01. The van der Waals surface area contributed by atoms with E-state index in [2.05, 4.69) is 19.1 Å². The van der Waals surface area contributed by atoms with E-state index in [1.807, 2.05) is 53.9 Å². The Kier molecular flexibility index (Phi) is 4.82. The molecule has 4 rings (SSSR count). The van der Waals surface area contributed by atoms with Crippen LogP contribution in [0.25, 0.3) is 10.2 Å². The van der Waals surface area contributed by atoms with E-state index >= 15 is 0 Å². The molecule has 0 bridgehead atoms. The summed E-state index contributed by atoms with van der Waals surface area (Å²) in [6.45, 7) is 2.13. The molecule has 4 aromatic rings. The van der Waals surface area contributed by atoms with E-state index < -0.39 is 0 Å². The van der Waals surface area contributed by atoms with Crippen LogP contribution in [0.4, 0.5) is 10.8 Å². The normalized spacial score (nSPS) is 11.0. The van der Waals surface area contributed by atoms with Crippen LogP contribution in [0.2, 0.25) is 0 Å². The van der Waals surface area contributed by atoms with Crippen LogP contribution >= 0.6 is 22.7 Å². The van der Waals surface area contributed by atoms with Crippen molar-refractivity contribution < 1.29 is 4.79 Å². The van der Waals surface area contributed by atoms with Gasteiger partial charge in [-0.2, -0.15) is 0 Å². The van der Waals surface area contributed by atoms with Gasteiger partial charge in [0.15, 0.2) is 5.13 Å². The zero-order valence-corrected chi connectivity index (χ0v) is 16.0. The van der Waals surface area contributed by atoms with Crippen molar-refractivity contribution in [2.45, 2.75) is 19.8 Å². The van der Waals surface area contributed by atoms with Gasteiger partial charge in [0.2, 0.25) is 5.91 Å². The number of aryl methyl sites for hydroxylation is 1. The Morgan fingerprint density at radius 1 is 1.04 bits per heavy atom. The lowest BCUT2D eigenvalue weighted by molar-refractivity contribution is -0.117. The number of thiazole rings is 1. The van der Waals surface area contributed by atoms with E-state index in [1.165, 1.54) is 5.56 Å². The highest BCUT2D eigenvalue weighted by Gasteiger charge is 2.22. The molecule has 2 aromatic heterocycles. The Morgan fingerprint density at radius 3 is 2.54 bits per heavy atom. The van der Waals surface area contributed by atoms with Crippen molar-refractivity contribution in [2.24, 2.45) is 0 Å². The van der Waals surface area contributed by atoms with Crippen LogP contribution in [0.3, 0.4) is 0 Å². The van der Waals surface area contributed by atoms with Crippen molar-refractivity contribution in [3.05, 3.63) is 76.5 Å². The predicted octanol–water partition coefficient (Wildman–Crippen LogP) is 5.83. The Labute approximate surface area is 160 Å². The standard InChI is InChI=1S/C21H18N2OS2/c1-2-15-9-11-16(12-10-15)23(20(24)14-17-6-5-13-25-17)21-22-18-7-3-4-8-19(18)26-21/h3-13H,2,14H2,1H3. The Morgan fingerprint density at radius 2 is 1.85 bits per heavy atom. The lowest BCUT2D eigenvalue weighted by atomic mass is 10.1. The maximum absolute atomic E-state index is 13.1. The van der Waals surface area contributed by atoms with E-state index in [0.717, 1.165) is 32.3 Å². The summed E-state index contributed by atoms with van der Waals surface area (Å²) in [6.07, 6.45) is 1.35. The average Bonchev–Trinajstić information content (AvgIpc) is 3.31. The van der Waals surface area contributed by atoms with Crippen LogP contribution in [0.1, 0.15) is 17.4 Å². The molecule has 5 heteroatoms. The van der Waals surface area contributed by atoms with Gasteiger partial charge in [-0.25, -0.2) is 4.98 Å². The van der Waals surface area contributed by atoms with Crippen LogP contribution < -0.4 is 4.90 Å².